The zero-order valence-electron chi connectivity index (χ0n) is 14.6. The van der Waals surface area contributed by atoms with Gasteiger partial charge in [-0.15, -0.1) is 5.10 Å². The van der Waals surface area contributed by atoms with Crippen LogP contribution < -0.4 is 10.5 Å². The highest BCUT2D eigenvalue weighted by Crippen LogP contribution is 2.28. The third-order valence-corrected chi connectivity index (χ3v) is 4.68. The molecule has 134 valence electrons. The summed E-state index contributed by atoms with van der Waals surface area (Å²) in [4.78, 5) is 15.0. The number of nitrogens with two attached hydrogens (primary N) is 1. The molecule has 1 amide bonds. The summed E-state index contributed by atoms with van der Waals surface area (Å²) in [6.07, 6.45) is 6.04. The van der Waals surface area contributed by atoms with Crippen molar-refractivity contribution < 1.29 is 9.53 Å². The molecule has 1 heterocycles. The average molecular weight is 343 g/mol. The van der Waals surface area contributed by atoms with E-state index in [1.807, 2.05) is 29.2 Å². The van der Waals surface area contributed by atoms with Gasteiger partial charge in [-0.3, -0.25) is 9.48 Å². The van der Waals surface area contributed by atoms with Crippen LogP contribution in [0, 0.1) is 0 Å². The summed E-state index contributed by atoms with van der Waals surface area (Å²) >= 11 is 0. The van der Waals surface area contributed by atoms with Gasteiger partial charge in [0.1, 0.15) is 5.75 Å². The summed E-state index contributed by atoms with van der Waals surface area (Å²) in [5.74, 6) is 0.714. The van der Waals surface area contributed by atoms with Crippen LogP contribution in [0.1, 0.15) is 41.7 Å². The van der Waals surface area contributed by atoms with Crippen LogP contribution in [0.2, 0.25) is 0 Å². The molecule has 3 rings (SSSR count). The van der Waals surface area contributed by atoms with Gasteiger partial charge in [0.25, 0.3) is 5.91 Å². The molecule has 1 fully saturated rings. The maximum absolute atomic E-state index is 13.1. The second-order valence-electron chi connectivity index (χ2n) is 6.34. The van der Waals surface area contributed by atoms with Crippen LogP contribution in [-0.2, 0) is 13.1 Å². The van der Waals surface area contributed by atoms with Crippen molar-refractivity contribution in [1.82, 2.24) is 19.9 Å². The highest BCUT2D eigenvalue weighted by Gasteiger charge is 2.29. The van der Waals surface area contributed by atoms with Crippen molar-refractivity contribution in [3.63, 3.8) is 0 Å². The number of nitrogens with zero attached hydrogens (tertiary/aromatic N) is 4. The Morgan fingerprint density at radius 1 is 1.36 bits per heavy atom. The van der Waals surface area contributed by atoms with Crippen LogP contribution >= 0.6 is 0 Å². The van der Waals surface area contributed by atoms with Crippen molar-refractivity contribution in [2.75, 3.05) is 13.7 Å². The smallest absolute Gasteiger partial charge is 0.276 e. The van der Waals surface area contributed by atoms with Crippen LogP contribution in [-0.4, -0.2) is 45.5 Å². The fraction of sp³-hybridized carbons (Fsp3) is 0.500. The van der Waals surface area contributed by atoms with E-state index in [1.54, 1.807) is 18.0 Å². The van der Waals surface area contributed by atoms with Crippen molar-refractivity contribution in [1.29, 1.82) is 0 Å². The molecule has 0 bridgehead atoms. The Morgan fingerprint density at radius 2 is 2.12 bits per heavy atom. The topological polar surface area (TPSA) is 86.3 Å². The van der Waals surface area contributed by atoms with Crippen LogP contribution in [0.4, 0.5) is 0 Å². The normalized spacial score (nSPS) is 14.6. The molecule has 0 saturated heterocycles. The molecule has 25 heavy (non-hydrogen) atoms. The second kappa shape index (κ2) is 8.11. The van der Waals surface area contributed by atoms with E-state index < -0.39 is 0 Å². The van der Waals surface area contributed by atoms with Crippen LogP contribution in [0.15, 0.2) is 30.5 Å². The molecule has 7 nitrogen and oxygen atoms in total. The van der Waals surface area contributed by atoms with E-state index in [0.717, 1.165) is 37.0 Å². The zero-order chi connectivity index (χ0) is 17.6. The number of methoxy groups -OCH3 is 1. The Bertz CT molecular complexity index is 709. The first-order valence-electron chi connectivity index (χ1n) is 8.76. The van der Waals surface area contributed by atoms with Gasteiger partial charge < -0.3 is 15.4 Å². The van der Waals surface area contributed by atoms with Gasteiger partial charge in [-0.05, 0) is 18.9 Å². The molecular formula is C18H25N5O2. The monoisotopic (exact) mass is 343 g/mol. The summed E-state index contributed by atoms with van der Waals surface area (Å²) in [7, 11) is 1.65. The molecule has 2 N–H and O–H groups in total. The van der Waals surface area contributed by atoms with Crippen molar-refractivity contribution >= 4 is 5.91 Å². The number of carbonyl (C=O) groups excluding carboxylic acids is 1. The molecule has 0 unspecified atom stereocenters. The average Bonchev–Trinajstić information content (AvgIpc) is 3.32. The SMILES string of the molecule is COc1ccccc1CN(C(=O)c1cn(CCN)nn1)C1CCCC1. The first kappa shape index (κ1) is 17.4. The molecule has 1 aliphatic rings. The second-order valence-corrected chi connectivity index (χ2v) is 6.34. The van der Waals surface area contributed by atoms with Gasteiger partial charge in [-0.1, -0.05) is 36.3 Å². The van der Waals surface area contributed by atoms with E-state index in [9.17, 15) is 4.79 Å². The Balaban J connectivity index is 1.84. The van der Waals surface area contributed by atoms with Crippen LogP contribution in [0.5, 0.6) is 5.75 Å². The molecule has 0 aliphatic heterocycles. The van der Waals surface area contributed by atoms with E-state index in [0.29, 0.717) is 25.3 Å². The Kier molecular flexibility index (Phi) is 5.65. The van der Waals surface area contributed by atoms with Gasteiger partial charge in [-0.25, -0.2) is 0 Å². The minimum Gasteiger partial charge on any atom is -0.496 e. The lowest BCUT2D eigenvalue weighted by Gasteiger charge is -2.29. The number of hydrogen-bond donors (Lipinski definition) is 1. The van der Waals surface area contributed by atoms with Crippen molar-refractivity contribution in [2.24, 2.45) is 5.73 Å². The molecule has 2 aromatic rings. The number of ether oxygens (including phenoxy) is 1. The molecule has 0 spiro atoms. The highest BCUT2D eigenvalue weighted by atomic mass is 16.5. The fourth-order valence-corrected chi connectivity index (χ4v) is 3.38. The zero-order valence-corrected chi connectivity index (χ0v) is 14.6. The number of carbonyl (C=O) groups is 1. The molecule has 1 aromatic heterocycles. The lowest BCUT2D eigenvalue weighted by Crippen LogP contribution is -2.38. The molecular weight excluding hydrogens is 318 g/mol. The third kappa shape index (κ3) is 3.99. The predicted molar refractivity (Wildman–Crippen MR) is 94.2 cm³/mol. The fourth-order valence-electron chi connectivity index (χ4n) is 3.38. The van der Waals surface area contributed by atoms with Crippen LogP contribution in [0.25, 0.3) is 0 Å². The van der Waals surface area contributed by atoms with E-state index in [2.05, 4.69) is 10.3 Å². The largest absolute Gasteiger partial charge is 0.496 e. The third-order valence-electron chi connectivity index (χ3n) is 4.68. The molecule has 1 saturated carbocycles. The van der Waals surface area contributed by atoms with Crippen molar-refractivity contribution in [2.45, 2.75) is 44.8 Å². The van der Waals surface area contributed by atoms with Gasteiger partial charge in [-0.2, -0.15) is 0 Å². The first-order chi connectivity index (χ1) is 12.2. The van der Waals surface area contributed by atoms with E-state index in [1.165, 1.54) is 0 Å². The highest BCUT2D eigenvalue weighted by molar-refractivity contribution is 5.92. The van der Waals surface area contributed by atoms with Gasteiger partial charge in [0.15, 0.2) is 5.69 Å². The first-order valence-corrected chi connectivity index (χ1v) is 8.76. The molecule has 1 aliphatic carbocycles. The number of rotatable bonds is 7. The Morgan fingerprint density at radius 3 is 2.84 bits per heavy atom. The van der Waals surface area contributed by atoms with Crippen molar-refractivity contribution in [3.05, 3.63) is 41.7 Å². The minimum atomic E-state index is -0.0823. The maximum Gasteiger partial charge on any atom is 0.276 e. The summed E-state index contributed by atoms with van der Waals surface area (Å²) in [5, 5.41) is 8.04. The van der Waals surface area contributed by atoms with Crippen LogP contribution in [0.3, 0.4) is 0 Å². The summed E-state index contributed by atoms with van der Waals surface area (Å²) in [5.41, 5.74) is 6.91. The Labute approximate surface area is 147 Å². The quantitative estimate of drug-likeness (QED) is 0.829. The molecule has 7 heteroatoms. The van der Waals surface area contributed by atoms with Gasteiger partial charge in [0, 0.05) is 24.7 Å². The minimum absolute atomic E-state index is 0.0823. The lowest BCUT2D eigenvalue weighted by atomic mass is 10.1. The van der Waals surface area contributed by atoms with E-state index in [4.69, 9.17) is 10.5 Å². The van der Waals surface area contributed by atoms with Gasteiger partial charge in [0.05, 0.1) is 19.9 Å². The molecule has 1 aromatic carbocycles. The molecule has 0 radical (unpaired) electrons. The number of aromatic nitrogens is 3. The number of para-hydroxylation sites is 1. The summed E-state index contributed by atoms with van der Waals surface area (Å²) in [6, 6.07) is 8.05. The lowest BCUT2D eigenvalue weighted by molar-refractivity contribution is 0.0657. The van der Waals surface area contributed by atoms with E-state index in [-0.39, 0.29) is 11.9 Å². The van der Waals surface area contributed by atoms with E-state index >= 15 is 0 Å². The summed E-state index contributed by atoms with van der Waals surface area (Å²) < 4.78 is 7.06. The van der Waals surface area contributed by atoms with Gasteiger partial charge >= 0.3 is 0 Å². The number of hydrogen-bond acceptors (Lipinski definition) is 5. The maximum atomic E-state index is 13.1. The standard InChI is InChI=1S/C18H25N5O2/c1-25-17-9-5-2-6-14(17)12-23(15-7-3-4-8-15)18(24)16-13-22(11-10-19)21-20-16/h2,5-6,9,13,15H,3-4,7-8,10-12,19H2,1H3. The van der Waals surface area contributed by atoms with Crippen molar-refractivity contribution in [3.8, 4) is 5.75 Å². The number of benzene rings is 1. The number of amides is 1. The van der Waals surface area contributed by atoms with Gasteiger partial charge in [0.2, 0.25) is 0 Å². The predicted octanol–water partition coefficient (Wildman–Crippen LogP) is 1.83. The molecule has 0 atom stereocenters. The summed E-state index contributed by atoms with van der Waals surface area (Å²) in [6.45, 7) is 1.53. The Hall–Kier alpha value is -2.41.